The lowest BCUT2D eigenvalue weighted by molar-refractivity contribution is -0.117. The molecular formula is C18H14N6O2. The minimum Gasteiger partial charge on any atom is -0.309 e. The second-order valence-electron chi connectivity index (χ2n) is 5.51. The van der Waals surface area contributed by atoms with Crippen molar-refractivity contribution in [1.82, 2.24) is 20.0 Å². The number of carbonyl (C=O) groups excluding carboxylic acids is 2. The molecule has 0 aliphatic heterocycles. The Morgan fingerprint density at radius 1 is 1.19 bits per heavy atom. The van der Waals surface area contributed by atoms with Crippen molar-refractivity contribution in [1.29, 1.82) is 5.26 Å². The first-order valence-electron chi connectivity index (χ1n) is 7.73. The summed E-state index contributed by atoms with van der Waals surface area (Å²) in [6.45, 7) is 1.96. The topological polar surface area (TPSA) is 114 Å². The molecule has 0 aliphatic carbocycles. The molecule has 1 aromatic carbocycles. The average molecular weight is 346 g/mol. The zero-order valence-corrected chi connectivity index (χ0v) is 13.8. The minimum absolute atomic E-state index is 0.0618. The molecule has 3 rings (SSSR count). The third kappa shape index (κ3) is 3.62. The number of amides is 1. The van der Waals surface area contributed by atoms with Crippen LogP contribution in [0.3, 0.4) is 0 Å². The van der Waals surface area contributed by atoms with Gasteiger partial charge in [-0.3, -0.25) is 9.59 Å². The van der Waals surface area contributed by atoms with E-state index in [2.05, 4.69) is 20.6 Å². The molecule has 0 bridgehead atoms. The fraction of sp³-hybridized carbons (Fsp3) is 0.111. The number of aromatic nitrogens is 4. The molecule has 1 atom stereocenters. The molecule has 26 heavy (non-hydrogen) atoms. The molecule has 8 heteroatoms. The van der Waals surface area contributed by atoms with E-state index in [1.807, 2.05) is 31.2 Å². The lowest BCUT2D eigenvalue weighted by Crippen LogP contribution is -2.29. The molecule has 0 saturated carbocycles. The highest BCUT2D eigenvalue weighted by Crippen LogP contribution is 2.12. The summed E-state index contributed by atoms with van der Waals surface area (Å²) >= 11 is 0. The highest BCUT2D eigenvalue weighted by Gasteiger charge is 2.30. The lowest BCUT2D eigenvalue weighted by atomic mass is 10.0. The van der Waals surface area contributed by atoms with Crippen molar-refractivity contribution in [3.63, 3.8) is 0 Å². The molecule has 2 aromatic heterocycles. The highest BCUT2D eigenvalue weighted by atomic mass is 16.2. The molecule has 2 heterocycles. The van der Waals surface area contributed by atoms with Gasteiger partial charge in [0.1, 0.15) is 5.82 Å². The number of aryl methyl sites for hydroxylation is 1. The number of anilines is 1. The first kappa shape index (κ1) is 17.0. The van der Waals surface area contributed by atoms with Crippen molar-refractivity contribution in [3.8, 4) is 11.8 Å². The minimum atomic E-state index is -1.54. The van der Waals surface area contributed by atoms with Crippen LogP contribution in [0.5, 0.6) is 0 Å². The second kappa shape index (κ2) is 7.36. The number of carbonyl (C=O) groups is 2. The maximum absolute atomic E-state index is 12.5. The zero-order chi connectivity index (χ0) is 18.5. The van der Waals surface area contributed by atoms with Crippen LogP contribution in [-0.2, 0) is 4.79 Å². The van der Waals surface area contributed by atoms with Crippen LogP contribution in [-0.4, -0.2) is 31.7 Å². The van der Waals surface area contributed by atoms with Crippen LogP contribution in [0.15, 0.2) is 54.9 Å². The monoisotopic (exact) mass is 346 g/mol. The predicted octanol–water partition coefficient (Wildman–Crippen LogP) is 1.93. The van der Waals surface area contributed by atoms with Gasteiger partial charge in [-0.25, -0.2) is 9.67 Å². The Labute approximate surface area is 149 Å². The molecule has 0 fully saturated rings. The Kier molecular flexibility index (Phi) is 4.80. The highest BCUT2D eigenvalue weighted by molar-refractivity contribution is 6.14. The summed E-state index contributed by atoms with van der Waals surface area (Å²) in [7, 11) is 0. The Balaban J connectivity index is 1.78. The number of ketones is 1. The fourth-order valence-corrected chi connectivity index (χ4v) is 2.22. The van der Waals surface area contributed by atoms with Gasteiger partial charge in [-0.2, -0.15) is 5.26 Å². The summed E-state index contributed by atoms with van der Waals surface area (Å²) in [6, 6.07) is 14.1. The standard InChI is InChI=1S/C18H14N6O2/c1-12-5-7-13(8-6-12)24-11-15(22-23-24)17(25)14(10-19)18(26)21-16-4-2-3-9-20-16/h2-9,11,14H,1H3,(H,20,21,26). The maximum atomic E-state index is 12.5. The van der Waals surface area contributed by atoms with Gasteiger partial charge in [0.2, 0.25) is 5.78 Å². The Hall–Kier alpha value is -3.86. The van der Waals surface area contributed by atoms with Crippen LogP contribution in [0, 0.1) is 24.2 Å². The lowest BCUT2D eigenvalue weighted by Gasteiger charge is -2.07. The van der Waals surface area contributed by atoms with Crippen molar-refractivity contribution in [2.24, 2.45) is 5.92 Å². The molecule has 3 aromatic rings. The number of rotatable bonds is 5. The van der Waals surface area contributed by atoms with E-state index in [4.69, 9.17) is 0 Å². The van der Waals surface area contributed by atoms with Gasteiger partial charge in [0.15, 0.2) is 11.6 Å². The quantitative estimate of drug-likeness (QED) is 0.558. The first-order valence-corrected chi connectivity index (χ1v) is 7.73. The normalized spacial score (nSPS) is 11.4. The van der Waals surface area contributed by atoms with E-state index in [1.165, 1.54) is 17.1 Å². The fourth-order valence-electron chi connectivity index (χ4n) is 2.22. The van der Waals surface area contributed by atoms with E-state index in [-0.39, 0.29) is 11.5 Å². The molecule has 0 spiro atoms. The average Bonchev–Trinajstić information content (AvgIpc) is 3.14. The summed E-state index contributed by atoms with van der Waals surface area (Å²) in [5, 5.41) is 19.4. The van der Waals surface area contributed by atoms with Crippen LogP contribution in [0.1, 0.15) is 16.1 Å². The Morgan fingerprint density at radius 2 is 1.96 bits per heavy atom. The number of hydrogen-bond donors (Lipinski definition) is 1. The predicted molar refractivity (Wildman–Crippen MR) is 92.4 cm³/mol. The number of nitrogens with one attached hydrogen (secondary N) is 1. The number of nitrogens with zero attached hydrogens (tertiary/aromatic N) is 5. The van der Waals surface area contributed by atoms with Gasteiger partial charge in [-0.1, -0.05) is 29.0 Å². The number of pyridine rings is 1. The Bertz CT molecular complexity index is 973. The van der Waals surface area contributed by atoms with Crippen molar-refractivity contribution in [3.05, 3.63) is 66.1 Å². The van der Waals surface area contributed by atoms with Gasteiger partial charge in [-0.05, 0) is 31.2 Å². The zero-order valence-electron chi connectivity index (χ0n) is 13.8. The van der Waals surface area contributed by atoms with Crippen LogP contribution < -0.4 is 5.32 Å². The molecule has 8 nitrogen and oxygen atoms in total. The molecule has 0 saturated heterocycles. The van der Waals surface area contributed by atoms with E-state index in [0.717, 1.165) is 5.56 Å². The van der Waals surface area contributed by atoms with Gasteiger partial charge >= 0.3 is 0 Å². The summed E-state index contributed by atoms with van der Waals surface area (Å²) in [5.74, 6) is -2.77. The van der Waals surface area contributed by atoms with E-state index in [1.54, 1.807) is 24.3 Å². The largest absolute Gasteiger partial charge is 0.309 e. The Morgan fingerprint density at radius 3 is 2.62 bits per heavy atom. The SMILES string of the molecule is Cc1ccc(-n2cc(C(=O)C(C#N)C(=O)Nc3ccccn3)nn2)cc1. The number of hydrogen-bond acceptors (Lipinski definition) is 6. The van der Waals surface area contributed by atoms with Gasteiger partial charge in [0.25, 0.3) is 5.91 Å². The molecular weight excluding hydrogens is 332 g/mol. The van der Waals surface area contributed by atoms with Crippen molar-refractivity contribution in [2.75, 3.05) is 5.32 Å². The molecule has 0 aliphatic rings. The van der Waals surface area contributed by atoms with Crippen molar-refractivity contribution < 1.29 is 9.59 Å². The van der Waals surface area contributed by atoms with Crippen molar-refractivity contribution >= 4 is 17.5 Å². The summed E-state index contributed by atoms with van der Waals surface area (Å²) in [4.78, 5) is 28.6. The van der Waals surface area contributed by atoms with E-state index >= 15 is 0 Å². The second-order valence-corrected chi connectivity index (χ2v) is 5.51. The summed E-state index contributed by atoms with van der Waals surface area (Å²) in [5.41, 5.74) is 1.74. The third-order valence-corrected chi connectivity index (χ3v) is 3.61. The van der Waals surface area contributed by atoms with Gasteiger partial charge in [-0.15, -0.1) is 5.10 Å². The smallest absolute Gasteiger partial charge is 0.250 e. The molecule has 1 N–H and O–H groups in total. The van der Waals surface area contributed by atoms with Gasteiger partial charge < -0.3 is 5.32 Å². The van der Waals surface area contributed by atoms with Crippen LogP contribution in [0.2, 0.25) is 0 Å². The van der Waals surface area contributed by atoms with Gasteiger partial charge in [0.05, 0.1) is 18.0 Å². The van der Waals surface area contributed by atoms with Crippen LogP contribution in [0.4, 0.5) is 5.82 Å². The van der Waals surface area contributed by atoms with E-state index in [0.29, 0.717) is 5.69 Å². The third-order valence-electron chi connectivity index (χ3n) is 3.61. The summed E-state index contributed by atoms with van der Waals surface area (Å²) in [6.07, 6.45) is 2.89. The van der Waals surface area contributed by atoms with Crippen LogP contribution in [0.25, 0.3) is 5.69 Å². The molecule has 128 valence electrons. The number of nitriles is 1. The van der Waals surface area contributed by atoms with Crippen molar-refractivity contribution in [2.45, 2.75) is 6.92 Å². The van der Waals surface area contributed by atoms with Crippen LogP contribution >= 0.6 is 0 Å². The molecule has 0 radical (unpaired) electrons. The van der Waals surface area contributed by atoms with E-state index < -0.39 is 17.6 Å². The first-order chi connectivity index (χ1) is 12.6. The number of Topliss-reactive ketones (excluding diaryl/α,β-unsaturated/α-hetero) is 1. The molecule has 1 unspecified atom stereocenters. The maximum Gasteiger partial charge on any atom is 0.250 e. The van der Waals surface area contributed by atoms with Gasteiger partial charge in [0, 0.05) is 6.20 Å². The van der Waals surface area contributed by atoms with E-state index in [9.17, 15) is 14.9 Å². The summed E-state index contributed by atoms with van der Waals surface area (Å²) < 4.78 is 1.41. The number of benzene rings is 1. The molecule has 1 amide bonds.